The van der Waals surface area contributed by atoms with Crippen LogP contribution in [0.3, 0.4) is 0 Å². The van der Waals surface area contributed by atoms with Crippen molar-refractivity contribution in [2.45, 2.75) is 25.4 Å². The zero-order chi connectivity index (χ0) is 16.9. The average Bonchev–Trinajstić information content (AvgIpc) is 3.25. The Balaban J connectivity index is 1.72. The number of amides is 1. The summed E-state index contributed by atoms with van der Waals surface area (Å²) in [6.07, 6.45) is 3.41. The standard InChI is InChI=1S/C16H17N5O3/c1-3-24-15(23)16(2)9-4-11-12(5-10(9)21-14(16)22)20-13(19-11)8-6-17-18-7-8/h4-7,13,19-20H,3H2,1-2H3,(H,17,18)(H,21,22). The topological polar surface area (TPSA) is 108 Å². The predicted molar refractivity (Wildman–Crippen MR) is 87.6 cm³/mol. The van der Waals surface area contributed by atoms with Gasteiger partial charge in [0.1, 0.15) is 6.17 Å². The van der Waals surface area contributed by atoms with E-state index in [1.54, 1.807) is 26.2 Å². The fourth-order valence-electron chi connectivity index (χ4n) is 3.14. The van der Waals surface area contributed by atoms with E-state index in [0.29, 0.717) is 11.3 Å². The molecule has 0 fully saturated rings. The molecule has 8 heteroatoms. The number of nitrogens with one attached hydrogen (secondary N) is 4. The van der Waals surface area contributed by atoms with Gasteiger partial charge in [-0.3, -0.25) is 14.7 Å². The van der Waals surface area contributed by atoms with Crippen molar-refractivity contribution in [2.75, 3.05) is 22.6 Å². The largest absolute Gasteiger partial charge is 0.465 e. The summed E-state index contributed by atoms with van der Waals surface area (Å²) in [5.41, 5.74) is 2.54. The van der Waals surface area contributed by atoms with E-state index in [1.165, 1.54) is 0 Å². The van der Waals surface area contributed by atoms with Gasteiger partial charge in [0.2, 0.25) is 5.91 Å². The van der Waals surface area contributed by atoms with Crippen LogP contribution in [0.2, 0.25) is 0 Å². The lowest BCUT2D eigenvalue weighted by Crippen LogP contribution is -2.40. The minimum Gasteiger partial charge on any atom is -0.465 e. The molecule has 0 radical (unpaired) electrons. The summed E-state index contributed by atoms with van der Waals surface area (Å²) >= 11 is 0. The summed E-state index contributed by atoms with van der Waals surface area (Å²) < 4.78 is 5.11. The molecular formula is C16H17N5O3. The molecule has 0 bridgehead atoms. The van der Waals surface area contributed by atoms with Crippen molar-refractivity contribution >= 4 is 28.9 Å². The first kappa shape index (κ1) is 14.6. The van der Waals surface area contributed by atoms with Crippen LogP contribution in [0.5, 0.6) is 0 Å². The van der Waals surface area contributed by atoms with Gasteiger partial charge in [0.25, 0.3) is 0 Å². The Hall–Kier alpha value is -3.03. The molecule has 24 heavy (non-hydrogen) atoms. The Morgan fingerprint density at radius 2 is 2.04 bits per heavy atom. The molecule has 4 rings (SSSR count). The van der Waals surface area contributed by atoms with Crippen molar-refractivity contribution in [3.63, 3.8) is 0 Å². The van der Waals surface area contributed by atoms with Crippen LogP contribution >= 0.6 is 0 Å². The zero-order valence-corrected chi connectivity index (χ0v) is 13.3. The van der Waals surface area contributed by atoms with Crippen molar-refractivity contribution in [1.82, 2.24) is 10.2 Å². The minimum absolute atomic E-state index is 0.120. The number of ether oxygens (including phenoxy) is 1. The molecule has 2 aromatic rings. The molecule has 4 N–H and O–H groups in total. The number of esters is 1. The minimum atomic E-state index is -1.34. The SMILES string of the molecule is CCOC(=O)C1(C)C(=O)Nc2cc3c(cc21)NC(c1cn[nH]c1)N3. The number of anilines is 3. The lowest BCUT2D eigenvalue weighted by Gasteiger charge is -2.20. The number of carbonyl (C=O) groups excluding carboxylic acids is 2. The number of carbonyl (C=O) groups is 2. The highest BCUT2D eigenvalue weighted by Crippen LogP contribution is 2.46. The molecule has 0 spiro atoms. The second kappa shape index (κ2) is 4.98. The van der Waals surface area contributed by atoms with Crippen molar-refractivity contribution in [3.8, 4) is 0 Å². The van der Waals surface area contributed by atoms with Gasteiger partial charge in [-0.05, 0) is 26.0 Å². The number of benzene rings is 1. The first-order chi connectivity index (χ1) is 11.5. The number of hydrogen-bond donors (Lipinski definition) is 4. The summed E-state index contributed by atoms with van der Waals surface area (Å²) in [6.45, 7) is 3.54. The van der Waals surface area contributed by atoms with Gasteiger partial charge < -0.3 is 20.7 Å². The smallest absolute Gasteiger partial charge is 0.326 e. The predicted octanol–water partition coefficient (Wildman–Crippen LogP) is 1.72. The monoisotopic (exact) mass is 327 g/mol. The quantitative estimate of drug-likeness (QED) is 0.505. The second-order valence-corrected chi connectivity index (χ2v) is 6.00. The molecule has 1 aromatic heterocycles. The number of aromatic amines is 1. The number of fused-ring (bicyclic) bond motifs is 2. The average molecular weight is 327 g/mol. The highest BCUT2D eigenvalue weighted by molar-refractivity contribution is 6.19. The number of rotatable bonds is 3. The number of aromatic nitrogens is 2. The van der Waals surface area contributed by atoms with Gasteiger partial charge in [-0.1, -0.05) is 0 Å². The Morgan fingerprint density at radius 1 is 1.29 bits per heavy atom. The van der Waals surface area contributed by atoms with E-state index < -0.39 is 11.4 Å². The van der Waals surface area contributed by atoms with E-state index in [4.69, 9.17) is 4.74 Å². The maximum absolute atomic E-state index is 12.4. The van der Waals surface area contributed by atoms with E-state index in [1.807, 2.05) is 12.1 Å². The Kier molecular flexibility index (Phi) is 3.02. The fourth-order valence-corrected chi connectivity index (χ4v) is 3.14. The summed E-state index contributed by atoms with van der Waals surface area (Å²) in [5, 5.41) is 16.2. The molecule has 124 valence electrons. The fraction of sp³-hybridized carbons (Fsp3) is 0.312. The molecular weight excluding hydrogens is 310 g/mol. The van der Waals surface area contributed by atoms with Crippen LogP contribution in [0.1, 0.15) is 31.1 Å². The summed E-state index contributed by atoms with van der Waals surface area (Å²) in [4.78, 5) is 24.7. The van der Waals surface area contributed by atoms with Crippen LogP contribution < -0.4 is 16.0 Å². The molecule has 1 aromatic carbocycles. The lowest BCUT2D eigenvalue weighted by atomic mass is 9.83. The molecule has 0 aliphatic carbocycles. The van der Waals surface area contributed by atoms with Gasteiger partial charge in [0.05, 0.1) is 24.2 Å². The van der Waals surface area contributed by atoms with Crippen molar-refractivity contribution < 1.29 is 14.3 Å². The lowest BCUT2D eigenvalue weighted by molar-refractivity contribution is -0.152. The van der Waals surface area contributed by atoms with E-state index >= 15 is 0 Å². The van der Waals surface area contributed by atoms with Gasteiger partial charge in [0, 0.05) is 23.0 Å². The van der Waals surface area contributed by atoms with Crippen molar-refractivity contribution in [1.29, 1.82) is 0 Å². The Bertz CT molecular complexity index is 832. The van der Waals surface area contributed by atoms with Crippen LogP contribution in [0.25, 0.3) is 0 Å². The molecule has 2 atom stereocenters. The van der Waals surface area contributed by atoms with Crippen LogP contribution in [0.4, 0.5) is 17.1 Å². The highest BCUT2D eigenvalue weighted by atomic mass is 16.5. The van der Waals surface area contributed by atoms with Gasteiger partial charge in [0.15, 0.2) is 5.41 Å². The van der Waals surface area contributed by atoms with E-state index in [-0.39, 0.29) is 18.7 Å². The highest BCUT2D eigenvalue weighted by Gasteiger charge is 2.51. The van der Waals surface area contributed by atoms with E-state index in [0.717, 1.165) is 16.9 Å². The van der Waals surface area contributed by atoms with E-state index in [2.05, 4.69) is 26.1 Å². The molecule has 3 heterocycles. The van der Waals surface area contributed by atoms with Gasteiger partial charge in [-0.25, -0.2) is 0 Å². The third-order valence-corrected chi connectivity index (χ3v) is 4.53. The van der Waals surface area contributed by atoms with E-state index in [9.17, 15) is 9.59 Å². The third kappa shape index (κ3) is 1.89. The molecule has 2 unspecified atom stereocenters. The zero-order valence-electron chi connectivity index (χ0n) is 13.3. The summed E-state index contributed by atoms with van der Waals surface area (Å²) in [7, 11) is 0. The maximum Gasteiger partial charge on any atom is 0.326 e. The first-order valence-corrected chi connectivity index (χ1v) is 7.73. The van der Waals surface area contributed by atoms with Crippen LogP contribution in [0.15, 0.2) is 24.5 Å². The van der Waals surface area contributed by atoms with Crippen molar-refractivity contribution in [3.05, 3.63) is 35.7 Å². The molecule has 2 aliphatic rings. The second-order valence-electron chi connectivity index (χ2n) is 6.00. The van der Waals surface area contributed by atoms with Gasteiger partial charge in [-0.15, -0.1) is 0 Å². The van der Waals surface area contributed by atoms with Gasteiger partial charge in [-0.2, -0.15) is 5.10 Å². The first-order valence-electron chi connectivity index (χ1n) is 7.73. The number of H-pyrrole nitrogens is 1. The van der Waals surface area contributed by atoms with Gasteiger partial charge >= 0.3 is 5.97 Å². The Labute approximate surface area is 138 Å². The Morgan fingerprint density at radius 3 is 2.71 bits per heavy atom. The van der Waals surface area contributed by atoms with Crippen LogP contribution in [-0.4, -0.2) is 28.7 Å². The summed E-state index contributed by atoms with van der Waals surface area (Å²) in [5.74, 6) is -0.912. The number of hydrogen-bond acceptors (Lipinski definition) is 6. The molecule has 0 saturated heterocycles. The molecule has 0 saturated carbocycles. The van der Waals surface area contributed by atoms with Crippen LogP contribution in [-0.2, 0) is 19.7 Å². The molecule has 2 aliphatic heterocycles. The molecule has 8 nitrogen and oxygen atoms in total. The number of nitrogens with zero attached hydrogens (tertiary/aromatic N) is 1. The summed E-state index contributed by atoms with van der Waals surface area (Å²) in [6, 6.07) is 3.66. The normalized spacial score (nSPS) is 23.8. The van der Waals surface area contributed by atoms with Crippen LogP contribution in [0, 0.1) is 0 Å². The maximum atomic E-state index is 12.4. The third-order valence-electron chi connectivity index (χ3n) is 4.53. The molecule has 1 amide bonds. The van der Waals surface area contributed by atoms with Crippen molar-refractivity contribution in [2.24, 2.45) is 0 Å².